The monoisotopic (exact) mass is 174 g/mol. The molecule has 0 spiro atoms. The predicted molar refractivity (Wildman–Crippen MR) is 37.8 cm³/mol. The minimum absolute atomic E-state index is 0.0844. The van der Waals surface area contributed by atoms with Crippen LogP contribution in [-0.2, 0) is 10.0 Å². The molecule has 5 heteroatoms. The number of sulfonamides is 1. The van der Waals surface area contributed by atoms with Crippen LogP contribution in [0.5, 0.6) is 0 Å². The average molecular weight is 174 g/mol. The molecule has 0 atom stereocenters. The maximum absolute atomic E-state index is 12.2. The number of primary sulfonamides is 1. The molecule has 0 aliphatic rings. The van der Waals surface area contributed by atoms with Gasteiger partial charge in [0.1, 0.15) is 5.82 Å². The molecule has 0 unspecified atom stereocenters. The van der Waals surface area contributed by atoms with Gasteiger partial charge in [-0.05, 0) is 24.3 Å². The third kappa shape index (κ3) is 1.99. The minimum atomic E-state index is -3.69. The van der Waals surface area contributed by atoms with Gasteiger partial charge in [0.15, 0.2) is 0 Å². The highest BCUT2D eigenvalue weighted by molar-refractivity contribution is 7.89. The minimum Gasteiger partial charge on any atom is -0.225 e. The van der Waals surface area contributed by atoms with E-state index in [9.17, 15) is 12.8 Å². The van der Waals surface area contributed by atoms with Crippen LogP contribution in [0.3, 0.4) is 0 Å². The van der Waals surface area contributed by atoms with Crippen molar-refractivity contribution >= 4 is 10.0 Å². The summed E-state index contributed by atoms with van der Waals surface area (Å²) in [7, 11) is -3.69. The highest BCUT2D eigenvalue weighted by Gasteiger charge is 2.05. The summed E-state index contributed by atoms with van der Waals surface area (Å²) in [6, 6.07) is 4.31. The van der Waals surface area contributed by atoms with Crippen LogP contribution >= 0.6 is 0 Å². The summed E-state index contributed by atoms with van der Waals surface area (Å²) in [6.07, 6.45) is 0. The Morgan fingerprint density at radius 2 is 1.64 bits per heavy atom. The van der Waals surface area contributed by atoms with Crippen molar-refractivity contribution in [1.82, 2.24) is 0 Å². The van der Waals surface area contributed by atoms with Crippen molar-refractivity contribution < 1.29 is 12.8 Å². The molecule has 2 N–H and O–H groups in total. The fourth-order valence-corrected chi connectivity index (χ4v) is 1.14. The van der Waals surface area contributed by atoms with Gasteiger partial charge in [0.2, 0.25) is 10.0 Å². The van der Waals surface area contributed by atoms with Crippen molar-refractivity contribution in [2.45, 2.75) is 4.90 Å². The second-order valence-corrected chi connectivity index (χ2v) is 3.56. The lowest BCUT2D eigenvalue weighted by Gasteiger charge is -1.95. The Bertz CT molecular complexity index is 343. The fourth-order valence-electron chi connectivity index (χ4n) is 0.624. The van der Waals surface area contributed by atoms with E-state index >= 15 is 0 Å². The molecule has 0 saturated carbocycles. The molecule has 1 rings (SSSR count). The van der Waals surface area contributed by atoms with E-state index in [4.69, 9.17) is 5.14 Å². The van der Waals surface area contributed by atoms with Crippen LogP contribution in [0.4, 0.5) is 4.39 Å². The zero-order valence-corrected chi connectivity index (χ0v) is 6.31. The summed E-state index contributed by atoms with van der Waals surface area (Å²) in [5, 5.41) is 4.76. The molecule has 1 aromatic rings. The number of benzene rings is 1. The molecule has 0 heterocycles. The number of nitrogens with two attached hydrogens (primary N) is 1. The van der Waals surface area contributed by atoms with Crippen molar-refractivity contribution in [3.63, 3.8) is 0 Å². The molecule has 0 radical (unpaired) electrons. The van der Waals surface area contributed by atoms with Crippen molar-refractivity contribution in [1.29, 1.82) is 0 Å². The lowest BCUT2D eigenvalue weighted by Crippen LogP contribution is -2.11. The van der Waals surface area contributed by atoms with Gasteiger partial charge in [-0.25, -0.2) is 17.9 Å². The molecule has 0 saturated heterocycles. The van der Waals surface area contributed by atoms with Crippen LogP contribution in [0.25, 0.3) is 0 Å². The summed E-state index contributed by atoms with van der Waals surface area (Å²) < 4.78 is 33.4. The quantitative estimate of drug-likeness (QED) is 0.672. The number of rotatable bonds is 1. The lowest BCUT2D eigenvalue weighted by molar-refractivity contribution is 0.596. The van der Waals surface area contributed by atoms with Crippen molar-refractivity contribution in [3.05, 3.63) is 30.1 Å². The Hall–Kier alpha value is -0.940. The molecule has 0 aliphatic carbocycles. The Kier molecular flexibility index (Phi) is 1.92. The van der Waals surface area contributed by atoms with Gasteiger partial charge < -0.3 is 0 Å². The molecule has 1 aromatic carbocycles. The van der Waals surface area contributed by atoms with Gasteiger partial charge in [-0.1, -0.05) is 0 Å². The topological polar surface area (TPSA) is 60.2 Å². The molecule has 60 valence electrons. The zero-order valence-electron chi connectivity index (χ0n) is 5.49. The highest BCUT2D eigenvalue weighted by atomic mass is 32.2. The van der Waals surface area contributed by atoms with Gasteiger partial charge >= 0.3 is 0 Å². The van der Waals surface area contributed by atoms with Crippen LogP contribution < -0.4 is 5.14 Å². The SMILES string of the molecule is NS(=O)(=O)c1ccc([18F])cc1. The van der Waals surface area contributed by atoms with Crippen molar-refractivity contribution in [3.8, 4) is 0 Å². The Morgan fingerprint density at radius 1 is 1.18 bits per heavy atom. The van der Waals surface area contributed by atoms with E-state index in [2.05, 4.69) is 0 Å². The normalized spacial score (nSPS) is 11.5. The fraction of sp³-hybridized carbons (Fsp3) is 0. The maximum atomic E-state index is 12.2. The van der Waals surface area contributed by atoms with Gasteiger partial charge in [0.25, 0.3) is 0 Å². The van der Waals surface area contributed by atoms with Crippen LogP contribution in [0.15, 0.2) is 29.2 Å². The molecule has 0 aromatic heterocycles. The number of hydrogen-bond donors (Lipinski definition) is 1. The maximum Gasteiger partial charge on any atom is 0.238 e. The van der Waals surface area contributed by atoms with E-state index in [0.29, 0.717) is 0 Å². The van der Waals surface area contributed by atoms with Crippen LogP contribution in [0.1, 0.15) is 0 Å². The molecule has 0 amide bonds. The largest absolute Gasteiger partial charge is 0.238 e. The van der Waals surface area contributed by atoms with Crippen molar-refractivity contribution in [2.75, 3.05) is 0 Å². The van der Waals surface area contributed by atoms with E-state index in [0.717, 1.165) is 24.3 Å². The van der Waals surface area contributed by atoms with Crippen molar-refractivity contribution in [2.24, 2.45) is 5.14 Å². The molecular weight excluding hydrogens is 168 g/mol. The summed E-state index contributed by atoms with van der Waals surface area (Å²) in [5.41, 5.74) is 0. The molecule has 0 aliphatic heterocycles. The number of hydrogen-bond acceptors (Lipinski definition) is 2. The van der Waals surface area contributed by atoms with E-state index < -0.39 is 15.8 Å². The average Bonchev–Trinajstić information content (AvgIpc) is 1.86. The summed E-state index contributed by atoms with van der Waals surface area (Å²) in [4.78, 5) is -0.0844. The van der Waals surface area contributed by atoms with E-state index in [1.165, 1.54) is 0 Å². The lowest BCUT2D eigenvalue weighted by atomic mass is 10.3. The van der Waals surface area contributed by atoms with Gasteiger partial charge in [0.05, 0.1) is 4.90 Å². The van der Waals surface area contributed by atoms with Crippen LogP contribution in [0.2, 0.25) is 0 Å². The predicted octanol–water partition coefficient (Wildman–Crippen LogP) is 0.473. The van der Waals surface area contributed by atoms with Gasteiger partial charge in [0, 0.05) is 0 Å². The Morgan fingerprint density at radius 3 is 2.00 bits per heavy atom. The van der Waals surface area contributed by atoms with Crippen LogP contribution in [-0.4, -0.2) is 8.42 Å². The Balaban J connectivity index is 3.20. The number of halogens is 1. The van der Waals surface area contributed by atoms with Gasteiger partial charge in [-0.15, -0.1) is 0 Å². The first kappa shape index (κ1) is 8.16. The highest BCUT2D eigenvalue weighted by Crippen LogP contribution is 2.06. The molecule has 11 heavy (non-hydrogen) atoms. The van der Waals surface area contributed by atoms with Gasteiger partial charge in [-0.2, -0.15) is 0 Å². The molecular formula is C6H6FNO2S. The first-order valence-electron chi connectivity index (χ1n) is 2.78. The standard InChI is InChI=1S/C6H6FNO2S/c7-5-1-3-6(4-2-5)11(8,9)10/h1-4H,(H2,8,9,10)/i7-1. The zero-order chi connectivity index (χ0) is 8.48. The van der Waals surface area contributed by atoms with E-state index in [-0.39, 0.29) is 4.90 Å². The smallest absolute Gasteiger partial charge is 0.225 e. The second kappa shape index (κ2) is 2.60. The Labute approximate surface area is 63.7 Å². The molecule has 0 bridgehead atoms. The van der Waals surface area contributed by atoms with E-state index in [1.54, 1.807) is 0 Å². The second-order valence-electron chi connectivity index (χ2n) is 2.00. The van der Waals surface area contributed by atoms with Crippen LogP contribution in [0, 0.1) is 5.82 Å². The third-order valence-electron chi connectivity index (χ3n) is 1.14. The summed E-state index contributed by atoms with van der Waals surface area (Å²) >= 11 is 0. The molecule has 3 nitrogen and oxygen atoms in total. The first-order valence-corrected chi connectivity index (χ1v) is 4.33. The summed E-state index contributed by atoms with van der Waals surface area (Å²) in [5.74, 6) is -0.489. The summed E-state index contributed by atoms with van der Waals surface area (Å²) in [6.45, 7) is 0. The van der Waals surface area contributed by atoms with Gasteiger partial charge in [-0.3, -0.25) is 0 Å². The first-order chi connectivity index (χ1) is 5.00. The molecule has 0 fully saturated rings. The third-order valence-corrected chi connectivity index (χ3v) is 2.07. The van der Waals surface area contributed by atoms with E-state index in [1.807, 2.05) is 0 Å².